The molecule has 2 heterocycles. The largest absolute Gasteiger partial charge is 0.244 e. The maximum atomic E-state index is 5.68. The Morgan fingerprint density at radius 2 is 2.08 bits per heavy atom. The van der Waals surface area contributed by atoms with E-state index in [4.69, 9.17) is 11.6 Å². The molecule has 0 saturated carbocycles. The van der Waals surface area contributed by atoms with Gasteiger partial charge in [-0.25, -0.2) is 9.97 Å². The van der Waals surface area contributed by atoms with Crippen LogP contribution in [-0.2, 0) is 0 Å². The third kappa shape index (κ3) is 1.87. The molecule has 0 aliphatic heterocycles. The zero-order valence-electron chi connectivity index (χ0n) is 6.99. The second-order valence-electron chi connectivity index (χ2n) is 2.65. The molecule has 13 heavy (non-hydrogen) atoms. The standard InChI is InChI=1S/C9H7ClN2S/c1-6-4-12-9(13-6)7-2-3-8(10)11-5-7/h2-5H,1H3. The fraction of sp³-hybridized carbons (Fsp3) is 0.111. The Morgan fingerprint density at radius 1 is 1.23 bits per heavy atom. The second kappa shape index (κ2) is 3.44. The van der Waals surface area contributed by atoms with Crippen molar-refractivity contribution >= 4 is 22.9 Å². The average molecular weight is 211 g/mol. The molecule has 0 aliphatic rings. The fourth-order valence-corrected chi connectivity index (χ4v) is 1.86. The lowest BCUT2D eigenvalue weighted by atomic mass is 10.3. The van der Waals surface area contributed by atoms with E-state index in [1.165, 1.54) is 4.88 Å². The van der Waals surface area contributed by atoms with E-state index in [1.807, 2.05) is 19.2 Å². The van der Waals surface area contributed by atoms with Crippen molar-refractivity contribution in [1.29, 1.82) is 0 Å². The minimum atomic E-state index is 0.511. The van der Waals surface area contributed by atoms with Crippen LogP contribution in [0.1, 0.15) is 4.88 Å². The van der Waals surface area contributed by atoms with E-state index in [1.54, 1.807) is 23.6 Å². The molecule has 2 aromatic rings. The molecular formula is C9H7ClN2S. The SMILES string of the molecule is Cc1cnc(-c2ccc(Cl)nc2)s1. The normalized spacial score (nSPS) is 10.3. The van der Waals surface area contributed by atoms with Gasteiger partial charge in [-0.15, -0.1) is 11.3 Å². The van der Waals surface area contributed by atoms with Crippen molar-refractivity contribution in [3.8, 4) is 10.6 Å². The number of thiazole rings is 1. The van der Waals surface area contributed by atoms with E-state index in [0.29, 0.717) is 5.15 Å². The molecule has 0 radical (unpaired) electrons. The van der Waals surface area contributed by atoms with Gasteiger partial charge in [0, 0.05) is 22.8 Å². The molecule has 0 spiro atoms. The summed E-state index contributed by atoms with van der Waals surface area (Å²) in [6.45, 7) is 2.03. The Labute approximate surface area is 85.2 Å². The first-order valence-electron chi connectivity index (χ1n) is 3.80. The van der Waals surface area contributed by atoms with Gasteiger partial charge in [0.1, 0.15) is 10.2 Å². The highest BCUT2D eigenvalue weighted by Gasteiger charge is 2.01. The zero-order chi connectivity index (χ0) is 9.26. The summed E-state index contributed by atoms with van der Waals surface area (Å²) in [5.74, 6) is 0. The van der Waals surface area contributed by atoms with E-state index >= 15 is 0 Å². The van der Waals surface area contributed by atoms with Crippen LogP contribution in [0.3, 0.4) is 0 Å². The van der Waals surface area contributed by atoms with E-state index < -0.39 is 0 Å². The van der Waals surface area contributed by atoms with E-state index in [-0.39, 0.29) is 0 Å². The van der Waals surface area contributed by atoms with Gasteiger partial charge in [0.25, 0.3) is 0 Å². The molecule has 0 N–H and O–H groups in total. The molecule has 0 fully saturated rings. The number of aryl methyl sites for hydroxylation is 1. The number of hydrogen-bond acceptors (Lipinski definition) is 3. The number of pyridine rings is 1. The van der Waals surface area contributed by atoms with Gasteiger partial charge < -0.3 is 0 Å². The van der Waals surface area contributed by atoms with Crippen LogP contribution in [0.4, 0.5) is 0 Å². The van der Waals surface area contributed by atoms with Crippen LogP contribution in [0.2, 0.25) is 5.15 Å². The number of nitrogens with zero attached hydrogens (tertiary/aromatic N) is 2. The van der Waals surface area contributed by atoms with Gasteiger partial charge in [-0.2, -0.15) is 0 Å². The lowest BCUT2D eigenvalue weighted by molar-refractivity contribution is 1.31. The second-order valence-corrected chi connectivity index (χ2v) is 4.27. The molecule has 0 atom stereocenters. The van der Waals surface area contributed by atoms with Crippen molar-refractivity contribution in [2.45, 2.75) is 6.92 Å². The predicted octanol–water partition coefficient (Wildman–Crippen LogP) is 3.17. The van der Waals surface area contributed by atoms with E-state index in [2.05, 4.69) is 9.97 Å². The molecule has 66 valence electrons. The number of halogens is 1. The molecule has 0 bridgehead atoms. The van der Waals surface area contributed by atoms with Crippen LogP contribution in [0.15, 0.2) is 24.5 Å². The molecule has 4 heteroatoms. The fourth-order valence-electron chi connectivity index (χ4n) is 0.991. The summed E-state index contributed by atoms with van der Waals surface area (Å²) in [6, 6.07) is 3.70. The lowest BCUT2D eigenvalue weighted by Gasteiger charge is -1.93. The summed E-state index contributed by atoms with van der Waals surface area (Å²) < 4.78 is 0. The van der Waals surface area contributed by atoms with Crippen molar-refractivity contribution < 1.29 is 0 Å². The van der Waals surface area contributed by atoms with Crippen LogP contribution in [0.5, 0.6) is 0 Å². The molecule has 0 aromatic carbocycles. The Morgan fingerprint density at radius 3 is 2.62 bits per heavy atom. The predicted molar refractivity (Wildman–Crippen MR) is 55.1 cm³/mol. The van der Waals surface area contributed by atoms with Crippen LogP contribution in [0, 0.1) is 6.92 Å². The maximum absolute atomic E-state index is 5.68. The minimum Gasteiger partial charge on any atom is -0.244 e. The average Bonchev–Trinajstić information content (AvgIpc) is 2.53. The van der Waals surface area contributed by atoms with E-state index in [9.17, 15) is 0 Å². The molecule has 0 amide bonds. The highest BCUT2D eigenvalue weighted by atomic mass is 35.5. The highest BCUT2D eigenvalue weighted by molar-refractivity contribution is 7.14. The van der Waals surface area contributed by atoms with Gasteiger partial charge >= 0.3 is 0 Å². The monoisotopic (exact) mass is 210 g/mol. The molecule has 2 aromatic heterocycles. The minimum absolute atomic E-state index is 0.511. The highest BCUT2D eigenvalue weighted by Crippen LogP contribution is 2.24. The molecule has 2 rings (SSSR count). The van der Waals surface area contributed by atoms with Gasteiger partial charge in [0.15, 0.2) is 0 Å². The third-order valence-electron chi connectivity index (χ3n) is 1.60. The van der Waals surface area contributed by atoms with Crippen LogP contribution in [-0.4, -0.2) is 9.97 Å². The van der Waals surface area contributed by atoms with Crippen molar-refractivity contribution in [2.24, 2.45) is 0 Å². The maximum Gasteiger partial charge on any atom is 0.129 e. The van der Waals surface area contributed by atoms with Gasteiger partial charge in [0.2, 0.25) is 0 Å². The van der Waals surface area contributed by atoms with Gasteiger partial charge in [-0.05, 0) is 19.1 Å². The summed E-state index contributed by atoms with van der Waals surface area (Å²) in [7, 11) is 0. The van der Waals surface area contributed by atoms with Gasteiger partial charge in [-0.3, -0.25) is 0 Å². The Bertz CT molecular complexity index is 408. The molecule has 0 unspecified atom stereocenters. The lowest BCUT2D eigenvalue weighted by Crippen LogP contribution is -1.77. The van der Waals surface area contributed by atoms with E-state index in [0.717, 1.165) is 10.6 Å². The smallest absolute Gasteiger partial charge is 0.129 e. The number of hydrogen-bond donors (Lipinski definition) is 0. The summed E-state index contributed by atoms with van der Waals surface area (Å²) in [4.78, 5) is 9.45. The number of rotatable bonds is 1. The van der Waals surface area contributed by atoms with Crippen molar-refractivity contribution in [3.05, 3.63) is 34.6 Å². The topological polar surface area (TPSA) is 25.8 Å². The number of aromatic nitrogens is 2. The molecule has 0 aliphatic carbocycles. The Hall–Kier alpha value is -0.930. The van der Waals surface area contributed by atoms with Gasteiger partial charge in [-0.1, -0.05) is 11.6 Å². The first-order valence-corrected chi connectivity index (χ1v) is 4.99. The van der Waals surface area contributed by atoms with Crippen LogP contribution in [0.25, 0.3) is 10.6 Å². The summed E-state index contributed by atoms with van der Waals surface area (Å²) in [5, 5.41) is 1.50. The van der Waals surface area contributed by atoms with Crippen molar-refractivity contribution in [2.75, 3.05) is 0 Å². The van der Waals surface area contributed by atoms with Crippen LogP contribution >= 0.6 is 22.9 Å². The summed E-state index contributed by atoms with van der Waals surface area (Å²) >= 11 is 7.33. The quantitative estimate of drug-likeness (QED) is 0.676. The first kappa shape index (κ1) is 8.66. The third-order valence-corrected chi connectivity index (χ3v) is 2.78. The Kier molecular flexibility index (Phi) is 2.29. The molecule has 0 saturated heterocycles. The summed E-state index contributed by atoms with van der Waals surface area (Å²) in [6.07, 6.45) is 3.59. The zero-order valence-corrected chi connectivity index (χ0v) is 8.56. The van der Waals surface area contributed by atoms with Crippen LogP contribution < -0.4 is 0 Å². The molecule has 2 nitrogen and oxygen atoms in total. The van der Waals surface area contributed by atoms with Crippen molar-refractivity contribution in [3.63, 3.8) is 0 Å². The molecular weight excluding hydrogens is 204 g/mol. The van der Waals surface area contributed by atoms with Crippen molar-refractivity contribution in [1.82, 2.24) is 9.97 Å². The first-order chi connectivity index (χ1) is 6.25. The summed E-state index contributed by atoms with van der Waals surface area (Å²) in [5.41, 5.74) is 1.02. The Balaban J connectivity index is 2.41. The van der Waals surface area contributed by atoms with Gasteiger partial charge in [0.05, 0.1) is 0 Å².